The lowest BCUT2D eigenvalue weighted by atomic mass is 9.80. The zero-order valence-corrected chi connectivity index (χ0v) is 8.05. The highest BCUT2D eigenvalue weighted by molar-refractivity contribution is 6.30. The summed E-state index contributed by atoms with van der Waals surface area (Å²) < 4.78 is 0. The summed E-state index contributed by atoms with van der Waals surface area (Å²) in [7, 11) is 0. The Kier molecular flexibility index (Phi) is 2.36. The summed E-state index contributed by atoms with van der Waals surface area (Å²) in [6, 6.07) is 7.16. The van der Waals surface area contributed by atoms with Crippen LogP contribution in [0.15, 0.2) is 24.3 Å². The first kappa shape index (κ1) is 8.76. The molecule has 0 unspecified atom stereocenters. The Bertz CT molecular complexity index is 311. The van der Waals surface area contributed by atoms with Crippen molar-refractivity contribution in [3.05, 3.63) is 34.9 Å². The number of halogens is 1. The van der Waals surface area contributed by atoms with E-state index < -0.39 is 0 Å². The summed E-state index contributed by atoms with van der Waals surface area (Å²) in [5.41, 5.74) is 0.800. The van der Waals surface area contributed by atoms with Crippen molar-refractivity contribution in [3.8, 4) is 0 Å². The van der Waals surface area contributed by atoms with Gasteiger partial charge < -0.3 is 0 Å². The van der Waals surface area contributed by atoms with Crippen molar-refractivity contribution in [1.29, 1.82) is 0 Å². The van der Waals surface area contributed by atoms with Crippen molar-refractivity contribution in [2.24, 2.45) is 5.92 Å². The average molecular weight is 195 g/mol. The van der Waals surface area contributed by atoms with Crippen LogP contribution in [0.3, 0.4) is 0 Å². The molecule has 1 aromatic rings. The Morgan fingerprint density at radius 2 is 1.85 bits per heavy atom. The van der Waals surface area contributed by atoms with E-state index in [9.17, 15) is 4.79 Å². The highest BCUT2D eigenvalue weighted by atomic mass is 35.5. The van der Waals surface area contributed by atoms with Gasteiger partial charge in [-0.15, -0.1) is 0 Å². The monoisotopic (exact) mass is 194 g/mol. The zero-order valence-electron chi connectivity index (χ0n) is 7.29. The third kappa shape index (κ3) is 1.75. The van der Waals surface area contributed by atoms with E-state index in [1.807, 2.05) is 12.1 Å². The summed E-state index contributed by atoms with van der Waals surface area (Å²) in [6.45, 7) is 0. The molecule has 0 radical (unpaired) electrons. The standard InChI is InChI=1S/C11H11ClO/c12-10-6-4-9(5-7-10)11(13)8-2-1-3-8/h4-8H,1-3H2. The Morgan fingerprint density at radius 1 is 1.23 bits per heavy atom. The largest absolute Gasteiger partial charge is 0.294 e. The predicted molar refractivity (Wildman–Crippen MR) is 53.1 cm³/mol. The topological polar surface area (TPSA) is 17.1 Å². The molecule has 2 rings (SSSR count). The number of rotatable bonds is 2. The third-order valence-electron chi connectivity index (χ3n) is 2.60. The lowest BCUT2D eigenvalue weighted by Gasteiger charge is -2.23. The fourth-order valence-corrected chi connectivity index (χ4v) is 1.65. The second-order valence-corrected chi connectivity index (χ2v) is 3.94. The van der Waals surface area contributed by atoms with E-state index in [0.29, 0.717) is 5.02 Å². The molecule has 0 aromatic heterocycles. The fraction of sp³-hybridized carbons (Fsp3) is 0.364. The maximum Gasteiger partial charge on any atom is 0.165 e. The molecule has 1 nitrogen and oxygen atoms in total. The van der Waals surface area contributed by atoms with Gasteiger partial charge in [0.05, 0.1) is 0 Å². The number of carbonyl (C=O) groups excluding carboxylic acids is 1. The highest BCUT2D eigenvalue weighted by Gasteiger charge is 2.25. The molecule has 2 heteroatoms. The van der Waals surface area contributed by atoms with Crippen molar-refractivity contribution >= 4 is 17.4 Å². The second kappa shape index (κ2) is 3.51. The van der Waals surface area contributed by atoms with Gasteiger partial charge >= 0.3 is 0 Å². The van der Waals surface area contributed by atoms with Crippen molar-refractivity contribution in [2.75, 3.05) is 0 Å². The third-order valence-corrected chi connectivity index (χ3v) is 2.86. The minimum absolute atomic E-state index is 0.279. The fourth-order valence-electron chi connectivity index (χ4n) is 1.52. The number of carbonyl (C=O) groups is 1. The molecular formula is C11H11ClO. The van der Waals surface area contributed by atoms with Crippen LogP contribution in [-0.2, 0) is 0 Å². The van der Waals surface area contributed by atoms with Gasteiger partial charge in [0, 0.05) is 16.5 Å². The Labute approximate surface area is 82.7 Å². The predicted octanol–water partition coefficient (Wildman–Crippen LogP) is 3.32. The SMILES string of the molecule is O=C(c1ccc(Cl)cc1)C1CCC1. The normalized spacial score (nSPS) is 16.7. The first-order valence-corrected chi connectivity index (χ1v) is 4.95. The molecule has 0 saturated heterocycles. The molecule has 0 bridgehead atoms. The average Bonchev–Trinajstić information content (AvgIpc) is 2.02. The van der Waals surface area contributed by atoms with E-state index in [1.165, 1.54) is 6.42 Å². The van der Waals surface area contributed by atoms with Gasteiger partial charge in [-0.2, -0.15) is 0 Å². The van der Waals surface area contributed by atoms with Gasteiger partial charge in [0.15, 0.2) is 5.78 Å². The maximum absolute atomic E-state index is 11.7. The van der Waals surface area contributed by atoms with E-state index in [0.717, 1.165) is 18.4 Å². The number of benzene rings is 1. The van der Waals surface area contributed by atoms with E-state index >= 15 is 0 Å². The maximum atomic E-state index is 11.7. The molecule has 13 heavy (non-hydrogen) atoms. The molecule has 1 aliphatic rings. The summed E-state index contributed by atoms with van der Waals surface area (Å²) in [5, 5.41) is 0.685. The van der Waals surface area contributed by atoms with Crippen molar-refractivity contribution < 1.29 is 4.79 Å². The lowest BCUT2D eigenvalue weighted by Crippen LogP contribution is -2.21. The summed E-state index contributed by atoms with van der Waals surface area (Å²) >= 11 is 5.73. The molecule has 1 fully saturated rings. The van der Waals surface area contributed by atoms with Crippen molar-refractivity contribution in [3.63, 3.8) is 0 Å². The van der Waals surface area contributed by atoms with Crippen molar-refractivity contribution in [1.82, 2.24) is 0 Å². The number of hydrogen-bond donors (Lipinski definition) is 0. The molecule has 0 spiro atoms. The van der Waals surface area contributed by atoms with Crippen LogP contribution in [0.4, 0.5) is 0 Å². The van der Waals surface area contributed by atoms with Crippen LogP contribution in [-0.4, -0.2) is 5.78 Å². The summed E-state index contributed by atoms with van der Waals surface area (Å²) in [5.74, 6) is 0.559. The molecule has 0 amide bonds. The number of ketones is 1. The smallest absolute Gasteiger partial charge is 0.165 e. The van der Waals surface area contributed by atoms with Gasteiger partial charge in [0.2, 0.25) is 0 Å². The summed E-state index contributed by atoms with van der Waals surface area (Å²) in [4.78, 5) is 11.7. The van der Waals surface area contributed by atoms with Gasteiger partial charge in [-0.3, -0.25) is 4.79 Å². The first-order valence-electron chi connectivity index (χ1n) is 4.57. The molecule has 1 aromatic carbocycles. The van der Waals surface area contributed by atoms with Crippen LogP contribution in [0, 0.1) is 5.92 Å². The van der Waals surface area contributed by atoms with Crippen LogP contribution in [0.1, 0.15) is 29.6 Å². The second-order valence-electron chi connectivity index (χ2n) is 3.50. The van der Waals surface area contributed by atoms with E-state index in [4.69, 9.17) is 11.6 Å². The van der Waals surface area contributed by atoms with Gasteiger partial charge in [0.25, 0.3) is 0 Å². The molecule has 1 aliphatic carbocycles. The van der Waals surface area contributed by atoms with Gasteiger partial charge in [0.1, 0.15) is 0 Å². The molecule has 0 N–H and O–H groups in total. The van der Waals surface area contributed by atoms with E-state index in [1.54, 1.807) is 12.1 Å². The number of hydrogen-bond acceptors (Lipinski definition) is 1. The molecule has 0 atom stereocenters. The molecular weight excluding hydrogens is 184 g/mol. The molecule has 68 valence electrons. The minimum Gasteiger partial charge on any atom is -0.294 e. The number of Topliss-reactive ketones (excluding diaryl/α,β-unsaturated/α-hetero) is 1. The van der Waals surface area contributed by atoms with Gasteiger partial charge in [-0.1, -0.05) is 18.0 Å². The molecule has 0 aliphatic heterocycles. The minimum atomic E-state index is 0.279. The van der Waals surface area contributed by atoms with E-state index in [-0.39, 0.29) is 11.7 Å². The van der Waals surface area contributed by atoms with E-state index in [2.05, 4.69) is 0 Å². The lowest BCUT2D eigenvalue weighted by molar-refractivity contribution is 0.0855. The van der Waals surface area contributed by atoms with Crippen molar-refractivity contribution in [2.45, 2.75) is 19.3 Å². The quantitative estimate of drug-likeness (QED) is 0.661. The van der Waals surface area contributed by atoms with Crippen LogP contribution < -0.4 is 0 Å². The Morgan fingerprint density at radius 3 is 2.31 bits per heavy atom. The van der Waals surface area contributed by atoms with Crippen LogP contribution in [0.2, 0.25) is 5.02 Å². The van der Waals surface area contributed by atoms with Gasteiger partial charge in [-0.25, -0.2) is 0 Å². The van der Waals surface area contributed by atoms with Gasteiger partial charge in [-0.05, 0) is 37.1 Å². The Balaban J connectivity index is 2.15. The summed E-state index contributed by atoms with van der Waals surface area (Å²) in [6.07, 6.45) is 3.31. The zero-order chi connectivity index (χ0) is 9.26. The van der Waals surface area contributed by atoms with Crippen LogP contribution >= 0.6 is 11.6 Å². The first-order chi connectivity index (χ1) is 6.27. The van der Waals surface area contributed by atoms with Crippen LogP contribution in [0.5, 0.6) is 0 Å². The molecule has 1 saturated carbocycles. The van der Waals surface area contributed by atoms with Crippen LogP contribution in [0.25, 0.3) is 0 Å². The molecule has 0 heterocycles. The Hall–Kier alpha value is -0.820. The highest BCUT2D eigenvalue weighted by Crippen LogP contribution is 2.29.